The first-order valence-corrected chi connectivity index (χ1v) is 13.7. The number of fused-ring (bicyclic) bond motifs is 1. The Bertz CT molecular complexity index is 1080. The summed E-state index contributed by atoms with van der Waals surface area (Å²) in [5.41, 5.74) is 4.95. The molecule has 0 radical (unpaired) electrons. The van der Waals surface area contributed by atoms with Crippen LogP contribution in [0.25, 0.3) is 0 Å². The molecule has 2 amide bonds. The smallest absolute Gasteiger partial charge is 0.251 e. The Morgan fingerprint density at radius 3 is 2.09 bits per heavy atom. The van der Waals surface area contributed by atoms with Crippen LogP contribution >= 0.6 is 0 Å². The Morgan fingerprint density at radius 1 is 0.886 bits per heavy atom. The molecule has 1 atom stereocenters. The molecule has 1 heterocycles. The lowest BCUT2D eigenvalue weighted by Crippen LogP contribution is -2.52. The van der Waals surface area contributed by atoms with Gasteiger partial charge in [-0.15, -0.1) is 0 Å². The van der Waals surface area contributed by atoms with E-state index in [1.807, 2.05) is 36.9 Å². The van der Waals surface area contributed by atoms with E-state index < -0.39 is 6.04 Å². The third kappa shape index (κ3) is 4.19. The minimum atomic E-state index is -0.518. The van der Waals surface area contributed by atoms with Crippen LogP contribution in [0.5, 0.6) is 0 Å². The zero-order valence-electron chi connectivity index (χ0n) is 21.1. The molecule has 4 bridgehead atoms. The molecular formula is C31H38N2O2. The second-order valence-corrected chi connectivity index (χ2v) is 12.2. The number of nitrogens with zero attached hydrogens (tertiary/aromatic N) is 1. The van der Waals surface area contributed by atoms with E-state index >= 15 is 0 Å². The molecule has 1 N–H and O–H groups in total. The van der Waals surface area contributed by atoms with Crippen molar-refractivity contribution in [3.8, 4) is 0 Å². The van der Waals surface area contributed by atoms with Crippen molar-refractivity contribution < 1.29 is 9.59 Å². The molecule has 4 heteroatoms. The van der Waals surface area contributed by atoms with Gasteiger partial charge in [0.15, 0.2) is 0 Å². The maximum Gasteiger partial charge on any atom is 0.251 e. The number of benzene rings is 2. The first-order valence-electron chi connectivity index (χ1n) is 13.7. The van der Waals surface area contributed by atoms with Gasteiger partial charge in [0.1, 0.15) is 6.04 Å². The second-order valence-electron chi connectivity index (χ2n) is 12.2. The van der Waals surface area contributed by atoms with Crippen LogP contribution in [-0.2, 0) is 23.2 Å². The quantitative estimate of drug-likeness (QED) is 0.628. The van der Waals surface area contributed by atoms with Crippen LogP contribution in [-0.4, -0.2) is 29.3 Å². The summed E-state index contributed by atoms with van der Waals surface area (Å²) < 4.78 is 0. The standard InChI is InChI=1S/C31H38N2O2/c1-20(2)28(30(35)33-12-11-24-5-3-4-6-26(24)19-33)32-29(34)25-7-9-27(10-8-25)31-16-21-13-22(17-31)15-23(14-21)18-31/h3-10,20-23,28H,11-19H2,1-2H3,(H,32,34). The van der Waals surface area contributed by atoms with Gasteiger partial charge < -0.3 is 10.2 Å². The van der Waals surface area contributed by atoms with E-state index in [1.165, 1.54) is 55.2 Å². The van der Waals surface area contributed by atoms with E-state index in [-0.39, 0.29) is 17.7 Å². The third-order valence-corrected chi connectivity index (χ3v) is 9.46. The van der Waals surface area contributed by atoms with E-state index in [0.717, 1.165) is 24.2 Å². The molecule has 0 aromatic heterocycles. The van der Waals surface area contributed by atoms with Crippen molar-refractivity contribution in [3.05, 3.63) is 70.8 Å². The van der Waals surface area contributed by atoms with Crippen LogP contribution in [0.3, 0.4) is 0 Å². The van der Waals surface area contributed by atoms with Gasteiger partial charge in [-0.25, -0.2) is 0 Å². The van der Waals surface area contributed by atoms with Crippen LogP contribution in [0.4, 0.5) is 0 Å². The van der Waals surface area contributed by atoms with Gasteiger partial charge in [0.25, 0.3) is 5.91 Å². The van der Waals surface area contributed by atoms with E-state index in [4.69, 9.17) is 0 Å². The van der Waals surface area contributed by atoms with Gasteiger partial charge >= 0.3 is 0 Å². The Labute approximate surface area is 209 Å². The van der Waals surface area contributed by atoms with Crippen molar-refractivity contribution in [1.29, 1.82) is 0 Å². The third-order valence-electron chi connectivity index (χ3n) is 9.46. The summed E-state index contributed by atoms with van der Waals surface area (Å²) in [6, 6.07) is 16.2. The SMILES string of the molecule is CC(C)C(NC(=O)c1ccc(C23CC4CC(CC(C4)C2)C3)cc1)C(=O)N1CCc2ccccc2C1. The molecule has 35 heavy (non-hydrogen) atoms. The van der Waals surface area contributed by atoms with Crippen LogP contribution < -0.4 is 5.32 Å². The molecule has 2 aromatic carbocycles. The fourth-order valence-corrected chi connectivity index (χ4v) is 8.06. The van der Waals surface area contributed by atoms with Gasteiger partial charge in [0, 0.05) is 18.7 Å². The summed E-state index contributed by atoms with van der Waals surface area (Å²) in [6.07, 6.45) is 9.16. The van der Waals surface area contributed by atoms with Crippen molar-refractivity contribution in [2.45, 2.75) is 76.8 Å². The van der Waals surface area contributed by atoms with Crippen molar-refractivity contribution in [3.63, 3.8) is 0 Å². The molecule has 4 fully saturated rings. The van der Waals surface area contributed by atoms with Crippen LogP contribution in [0, 0.1) is 23.7 Å². The van der Waals surface area contributed by atoms with Crippen molar-refractivity contribution >= 4 is 11.8 Å². The summed E-state index contributed by atoms with van der Waals surface area (Å²) in [5.74, 6) is 2.62. The average molecular weight is 471 g/mol. The number of hydrogen-bond donors (Lipinski definition) is 1. The highest BCUT2D eigenvalue weighted by atomic mass is 16.2. The van der Waals surface area contributed by atoms with E-state index in [2.05, 4.69) is 35.6 Å². The van der Waals surface area contributed by atoms with Crippen molar-refractivity contribution in [2.75, 3.05) is 6.54 Å². The Kier molecular flexibility index (Phi) is 5.74. The van der Waals surface area contributed by atoms with E-state index in [0.29, 0.717) is 24.1 Å². The highest BCUT2D eigenvalue weighted by Gasteiger charge is 2.51. The molecule has 5 aliphatic rings. The molecule has 1 unspecified atom stereocenters. The van der Waals surface area contributed by atoms with Crippen LogP contribution in [0.2, 0.25) is 0 Å². The zero-order valence-corrected chi connectivity index (χ0v) is 21.1. The van der Waals surface area contributed by atoms with Gasteiger partial charge in [-0.1, -0.05) is 50.2 Å². The maximum atomic E-state index is 13.4. The number of rotatable bonds is 5. The van der Waals surface area contributed by atoms with Gasteiger partial charge in [-0.2, -0.15) is 0 Å². The first-order chi connectivity index (χ1) is 16.9. The van der Waals surface area contributed by atoms with Crippen molar-refractivity contribution in [2.24, 2.45) is 23.7 Å². The van der Waals surface area contributed by atoms with E-state index in [9.17, 15) is 9.59 Å². The van der Waals surface area contributed by atoms with Gasteiger partial charge in [0.05, 0.1) is 0 Å². The lowest BCUT2D eigenvalue weighted by atomic mass is 9.48. The lowest BCUT2D eigenvalue weighted by Gasteiger charge is -2.57. The maximum absolute atomic E-state index is 13.4. The molecular weight excluding hydrogens is 432 g/mol. The van der Waals surface area contributed by atoms with Gasteiger partial charge in [-0.3, -0.25) is 9.59 Å². The molecule has 4 aliphatic carbocycles. The molecule has 184 valence electrons. The number of hydrogen-bond acceptors (Lipinski definition) is 2. The molecule has 4 nitrogen and oxygen atoms in total. The normalized spacial score (nSPS) is 29.7. The summed E-state index contributed by atoms with van der Waals surface area (Å²) in [5, 5.41) is 3.08. The molecule has 4 saturated carbocycles. The molecule has 1 aliphatic heterocycles. The molecule has 2 aromatic rings. The summed E-state index contributed by atoms with van der Waals surface area (Å²) >= 11 is 0. The minimum Gasteiger partial charge on any atom is -0.340 e. The van der Waals surface area contributed by atoms with Crippen molar-refractivity contribution in [1.82, 2.24) is 10.2 Å². The molecule has 7 rings (SSSR count). The summed E-state index contributed by atoms with van der Waals surface area (Å²) in [6.45, 7) is 5.34. The highest BCUT2D eigenvalue weighted by Crippen LogP contribution is 2.60. The van der Waals surface area contributed by atoms with Gasteiger partial charge in [0.2, 0.25) is 5.91 Å². The molecule has 0 saturated heterocycles. The number of nitrogens with one attached hydrogen (secondary N) is 1. The largest absolute Gasteiger partial charge is 0.340 e. The topological polar surface area (TPSA) is 49.4 Å². The Hall–Kier alpha value is -2.62. The zero-order chi connectivity index (χ0) is 24.2. The Balaban J connectivity index is 1.15. The Morgan fingerprint density at radius 2 is 1.49 bits per heavy atom. The highest BCUT2D eigenvalue weighted by molar-refractivity contribution is 5.97. The predicted molar refractivity (Wildman–Crippen MR) is 138 cm³/mol. The minimum absolute atomic E-state index is 0.0213. The molecule has 0 spiro atoms. The fraction of sp³-hybridized carbons (Fsp3) is 0.548. The first kappa shape index (κ1) is 22.8. The van der Waals surface area contributed by atoms with Gasteiger partial charge in [-0.05, 0) is 103 Å². The summed E-state index contributed by atoms with van der Waals surface area (Å²) in [7, 11) is 0. The monoisotopic (exact) mass is 470 g/mol. The lowest BCUT2D eigenvalue weighted by molar-refractivity contribution is -0.135. The van der Waals surface area contributed by atoms with E-state index in [1.54, 1.807) is 0 Å². The second kappa shape index (κ2) is 8.80. The van der Waals surface area contributed by atoms with Crippen LogP contribution in [0.1, 0.15) is 79.4 Å². The summed E-state index contributed by atoms with van der Waals surface area (Å²) in [4.78, 5) is 28.6. The predicted octanol–water partition coefficient (Wildman–Crippen LogP) is 5.49. The fourth-order valence-electron chi connectivity index (χ4n) is 8.06. The average Bonchev–Trinajstić information content (AvgIpc) is 2.85. The number of carbonyl (C=O) groups excluding carboxylic acids is 2. The number of amides is 2. The number of carbonyl (C=O) groups is 2. The van der Waals surface area contributed by atoms with Crippen LogP contribution in [0.15, 0.2) is 48.5 Å².